The molecule has 0 atom stereocenters. The summed E-state index contributed by atoms with van der Waals surface area (Å²) >= 11 is 0. The molecular weight excluding hydrogens is 308 g/mol. The van der Waals surface area contributed by atoms with E-state index < -0.39 is 0 Å². The summed E-state index contributed by atoms with van der Waals surface area (Å²) in [7, 11) is 0. The van der Waals surface area contributed by atoms with Gasteiger partial charge in [-0.15, -0.1) is 5.10 Å². The van der Waals surface area contributed by atoms with E-state index in [1.807, 2.05) is 12.1 Å². The van der Waals surface area contributed by atoms with E-state index in [0.717, 1.165) is 37.3 Å². The molecule has 2 saturated heterocycles. The van der Waals surface area contributed by atoms with Crippen LogP contribution in [-0.4, -0.2) is 52.3 Å². The lowest BCUT2D eigenvalue weighted by atomic mass is 10.0. The van der Waals surface area contributed by atoms with Gasteiger partial charge >= 0.3 is 0 Å². The molecule has 0 amide bonds. The molecule has 0 aliphatic carbocycles. The highest BCUT2D eigenvalue weighted by Crippen LogP contribution is 2.32. The van der Waals surface area contributed by atoms with Gasteiger partial charge in [-0.1, -0.05) is 0 Å². The Hall–Kier alpha value is -2.32. The van der Waals surface area contributed by atoms with Crippen LogP contribution in [0.15, 0.2) is 30.7 Å². The second-order valence-electron chi connectivity index (χ2n) is 5.94. The molecule has 1 spiro atoms. The molecule has 2 fully saturated rings. The normalized spacial score (nSPS) is 19.6. The molecule has 0 bridgehead atoms. The first kappa shape index (κ1) is 15.2. The summed E-state index contributed by atoms with van der Waals surface area (Å²) in [5.74, 6) is 0.979. The SMILES string of the molecule is c1cc(CNc2nncc(N3CCC4(CC3)OCCO4)n2)ccn1. The van der Waals surface area contributed by atoms with Crippen LogP contribution in [0, 0.1) is 0 Å². The Kier molecular flexibility index (Phi) is 4.22. The number of nitrogens with zero attached hydrogens (tertiary/aromatic N) is 5. The quantitative estimate of drug-likeness (QED) is 0.897. The molecule has 8 heteroatoms. The number of piperidine rings is 1. The smallest absolute Gasteiger partial charge is 0.244 e. The van der Waals surface area contributed by atoms with Gasteiger partial charge in [0.15, 0.2) is 11.6 Å². The van der Waals surface area contributed by atoms with Gasteiger partial charge in [-0.3, -0.25) is 4.98 Å². The Morgan fingerprint density at radius 3 is 2.62 bits per heavy atom. The van der Waals surface area contributed by atoms with Gasteiger partial charge in [0.25, 0.3) is 0 Å². The third kappa shape index (κ3) is 3.29. The van der Waals surface area contributed by atoms with Gasteiger partial charge in [0.2, 0.25) is 5.95 Å². The first-order valence-electron chi connectivity index (χ1n) is 8.18. The molecule has 2 aliphatic heterocycles. The van der Waals surface area contributed by atoms with E-state index >= 15 is 0 Å². The summed E-state index contributed by atoms with van der Waals surface area (Å²) in [6.07, 6.45) is 6.92. The Balaban J connectivity index is 1.38. The van der Waals surface area contributed by atoms with Crippen molar-refractivity contribution in [3.8, 4) is 0 Å². The second-order valence-corrected chi connectivity index (χ2v) is 5.94. The summed E-state index contributed by atoms with van der Waals surface area (Å²) in [5.41, 5.74) is 1.12. The maximum atomic E-state index is 5.76. The van der Waals surface area contributed by atoms with Crippen LogP contribution in [0.3, 0.4) is 0 Å². The van der Waals surface area contributed by atoms with E-state index in [1.54, 1.807) is 18.6 Å². The average molecular weight is 328 g/mol. The van der Waals surface area contributed by atoms with Crippen LogP contribution >= 0.6 is 0 Å². The number of ether oxygens (including phenoxy) is 2. The van der Waals surface area contributed by atoms with Crippen molar-refractivity contribution in [2.24, 2.45) is 0 Å². The van der Waals surface area contributed by atoms with Crippen LogP contribution in [0.1, 0.15) is 18.4 Å². The van der Waals surface area contributed by atoms with Crippen LogP contribution in [0.25, 0.3) is 0 Å². The molecule has 0 aromatic carbocycles. The van der Waals surface area contributed by atoms with Crippen LogP contribution in [0.4, 0.5) is 11.8 Å². The maximum Gasteiger partial charge on any atom is 0.244 e. The Morgan fingerprint density at radius 1 is 1.12 bits per heavy atom. The lowest BCUT2D eigenvalue weighted by Crippen LogP contribution is -2.45. The Bertz CT molecular complexity index is 667. The van der Waals surface area contributed by atoms with E-state index in [0.29, 0.717) is 25.7 Å². The number of nitrogens with one attached hydrogen (secondary N) is 1. The molecule has 24 heavy (non-hydrogen) atoms. The second kappa shape index (κ2) is 6.66. The zero-order valence-electron chi connectivity index (χ0n) is 13.4. The van der Waals surface area contributed by atoms with E-state index in [4.69, 9.17) is 9.47 Å². The molecule has 0 radical (unpaired) electrons. The monoisotopic (exact) mass is 328 g/mol. The summed E-state index contributed by atoms with van der Waals surface area (Å²) in [6, 6.07) is 3.91. The molecule has 1 N–H and O–H groups in total. The van der Waals surface area contributed by atoms with E-state index in [1.165, 1.54) is 0 Å². The predicted octanol–water partition coefficient (Wildman–Crippen LogP) is 1.22. The minimum atomic E-state index is -0.376. The minimum Gasteiger partial charge on any atom is -0.355 e. The van der Waals surface area contributed by atoms with Gasteiger partial charge in [-0.2, -0.15) is 10.1 Å². The highest BCUT2D eigenvalue weighted by molar-refractivity contribution is 5.41. The molecule has 2 aromatic heterocycles. The van der Waals surface area contributed by atoms with Gasteiger partial charge < -0.3 is 19.7 Å². The fourth-order valence-electron chi connectivity index (χ4n) is 3.07. The van der Waals surface area contributed by atoms with Crippen LogP contribution in [-0.2, 0) is 16.0 Å². The van der Waals surface area contributed by atoms with Crippen molar-refractivity contribution in [2.45, 2.75) is 25.2 Å². The van der Waals surface area contributed by atoms with Crippen molar-refractivity contribution in [3.05, 3.63) is 36.3 Å². The van der Waals surface area contributed by atoms with Crippen LogP contribution in [0.5, 0.6) is 0 Å². The van der Waals surface area contributed by atoms with E-state index in [9.17, 15) is 0 Å². The van der Waals surface area contributed by atoms with Crippen molar-refractivity contribution in [2.75, 3.05) is 36.5 Å². The minimum absolute atomic E-state index is 0.376. The standard InChI is InChI=1S/C16H20N6O2/c1-5-17-6-2-13(1)11-18-15-20-14(12-19-21-15)22-7-3-16(4-8-22)23-9-10-24-16/h1-2,5-6,12H,3-4,7-11H2,(H,18,20,21). The van der Waals surface area contributed by atoms with Crippen molar-refractivity contribution in [1.82, 2.24) is 20.2 Å². The highest BCUT2D eigenvalue weighted by Gasteiger charge is 2.40. The van der Waals surface area contributed by atoms with Crippen molar-refractivity contribution < 1.29 is 9.47 Å². The third-order valence-corrected chi connectivity index (χ3v) is 4.41. The maximum absolute atomic E-state index is 5.76. The number of rotatable bonds is 4. The predicted molar refractivity (Wildman–Crippen MR) is 87.5 cm³/mol. The van der Waals surface area contributed by atoms with Crippen molar-refractivity contribution >= 4 is 11.8 Å². The number of hydrogen-bond donors (Lipinski definition) is 1. The van der Waals surface area contributed by atoms with E-state index in [2.05, 4.69) is 30.4 Å². The summed E-state index contributed by atoms with van der Waals surface area (Å²) in [4.78, 5) is 10.8. The fourth-order valence-corrected chi connectivity index (χ4v) is 3.07. The molecule has 126 valence electrons. The molecule has 0 saturated carbocycles. The first-order valence-corrected chi connectivity index (χ1v) is 8.18. The lowest BCUT2D eigenvalue weighted by molar-refractivity contribution is -0.169. The van der Waals surface area contributed by atoms with Gasteiger partial charge in [0.1, 0.15) is 0 Å². The van der Waals surface area contributed by atoms with Crippen LogP contribution < -0.4 is 10.2 Å². The molecule has 4 heterocycles. The number of hydrogen-bond acceptors (Lipinski definition) is 8. The summed E-state index contributed by atoms with van der Waals surface area (Å²) < 4.78 is 11.5. The highest BCUT2D eigenvalue weighted by atomic mass is 16.7. The Labute approximate surface area is 140 Å². The zero-order chi connectivity index (χ0) is 16.2. The molecular formula is C16H20N6O2. The topological polar surface area (TPSA) is 85.3 Å². The van der Waals surface area contributed by atoms with Crippen LogP contribution in [0.2, 0.25) is 0 Å². The molecule has 0 unspecified atom stereocenters. The molecule has 2 aliphatic rings. The number of aromatic nitrogens is 4. The molecule has 4 rings (SSSR count). The number of anilines is 2. The van der Waals surface area contributed by atoms with Crippen molar-refractivity contribution in [1.29, 1.82) is 0 Å². The van der Waals surface area contributed by atoms with Gasteiger partial charge in [-0.25, -0.2) is 0 Å². The largest absolute Gasteiger partial charge is 0.355 e. The summed E-state index contributed by atoms with van der Waals surface area (Å²) in [6.45, 7) is 3.69. The molecule has 2 aromatic rings. The fraction of sp³-hybridized carbons (Fsp3) is 0.500. The Morgan fingerprint density at radius 2 is 1.88 bits per heavy atom. The van der Waals surface area contributed by atoms with E-state index in [-0.39, 0.29) is 5.79 Å². The number of pyridine rings is 1. The lowest BCUT2D eigenvalue weighted by Gasteiger charge is -2.37. The van der Waals surface area contributed by atoms with Crippen molar-refractivity contribution in [3.63, 3.8) is 0 Å². The summed E-state index contributed by atoms with van der Waals surface area (Å²) in [5, 5.41) is 11.3. The molecule has 8 nitrogen and oxygen atoms in total. The zero-order valence-corrected chi connectivity index (χ0v) is 13.4. The average Bonchev–Trinajstić information content (AvgIpc) is 3.10. The first-order chi connectivity index (χ1) is 11.8. The van der Waals surface area contributed by atoms with Gasteiger partial charge in [0.05, 0.1) is 19.4 Å². The van der Waals surface area contributed by atoms with Gasteiger partial charge in [0, 0.05) is 44.9 Å². The van der Waals surface area contributed by atoms with Gasteiger partial charge in [-0.05, 0) is 17.7 Å². The third-order valence-electron chi connectivity index (χ3n) is 4.41.